The van der Waals surface area contributed by atoms with Gasteiger partial charge < -0.3 is 5.32 Å². The molecule has 1 saturated heterocycles. The van der Waals surface area contributed by atoms with Gasteiger partial charge in [-0.3, -0.25) is 4.68 Å². The Hall–Kier alpha value is -1.06. The lowest BCUT2D eigenvalue weighted by Crippen LogP contribution is -2.23. The summed E-state index contributed by atoms with van der Waals surface area (Å²) in [5, 5.41) is 9.38. The van der Waals surface area contributed by atoms with Gasteiger partial charge in [0.25, 0.3) is 0 Å². The van der Waals surface area contributed by atoms with Gasteiger partial charge in [-0.2, -0.15) is 5.10 Å². The third kappa shape index (κ3) is 2.05. The minimum Gasteiger partial charge on any atom is -0.314 e. The molecule has 2 aromatic rings. The lowest BCUT2D eigenvalue weighted by Gasteiger charge is -2.10. The lowest BCUT2D eigenvalue weighted by molar-refractivity contribution is 0.603. The SMILES string of the molecule is Cn1nc(Cl)c2ccc(CC3CCCN3)cc21. The normalized spacial score (nSPS) is 20.2. The zero-order valence-electron chi connectivity index (χ0n) is 9.91. The molecule has 0 bridgehead atoms. The number of aromatic nitrogens is 2. The molecular weight excluding hydrogens is 234 g/mol. The Kier molecular flexibility index (Phi) is 2.81. The van der Waals surface area contributed by atoms with E-state index in [9.17, 15) is 0 Å². The zero-order valence-corrected chi connectivity index (χ0v) is 10.7. The number of aryl methyl sites for hydroxylation is 1. The van der Waals surface area contributed by atoms with Crippen LogP contribution in [0, 0.1) is 0 Å². The van der Waals surface area contributed by atoms with Crippen LogP contribution in [-0.4, -0.2) is 22.4 Å². The Balaban J connectivity index is 1.92. The van der Waals surface area contributed by atoms with Crippen LogP contribution in [0.4, 0.5) is 0 Å². The molecule has 3 rings (SSSR count). The number of hydrogen-bond donors (Lipinski definition) is 1. The van der Waals surface area contributed by atoms with Crippen molar-refractivity contribution >= 4 is 22.5 Å². The maximum atomic E-state index is 6.06. The average Bonchev–Trinajstić information content (AvgIpc) is 2.89. The Labute approximate surface area is 106 Å². The fraction of sp³-hybridized carbons (Fsp3) is 0.462. The maximum absolute atomic E-state index is 6.06. The van der Waals surface area contributed by atoms with Crippen molar-refractivity contribution in [2.24, 2.45) is 7.05 Å². The van der Waals surface area contributed by atoms with Crippen molar-refractivity contribution in [1.82, 2.24) is 15.1 Å². The summed E-state index contributed by atoms with van der Waals surface area (Å²) in [6.07, 6.45) is 3.67. The second kappa shape index (κ2) is 4.31. The quantitative estimate of drug-likeness (QED) is 0.887. The first-order valence-corrected chi connectivity index (χ1v) is 6.46. The molecule has 1 aromatic heterocycles. The molecule has 3 nitrogen and oxygen atoms in total. The fourth-order valence-corrected chi connectivity index (χ4v) is 2.87. The molecule has 90 valence electrons. The molecule has 0 saturated carbocycles. The first kappa shape index (κ1) is 11.1. The zero-order chi connectivity index (χ0) is 11.8. The smallest absolute Gasteiger partial charge is 0.158 e. The van der Waals surface area contributed by atoms with Crippen LogP contribution in [0.5, 0.6) is 0 Å². The molecule has 2 heterocycles. The van der Waals surface area contributed by atoms with Gasteiger partial charge in [0.2, 0.25) is 0 Å². The van der Waals surface area contributed by atoms with Gasteiger partial charge in [0.1, 0.15) is 0 Å². The molecule has 1 aliphatic rings. The molecule has 1 aromatic carbocycles. The summed E-state index contributed by atoms with van der Waals surface area (Å²) >= 11 is 6.06. The molecule has 1 unspecified atom stereocenters. The first-order valence-electron chi connectivity index (χ1n) is 6.08. The lowest BCUT2D eigenvalue weighted by atomic mass is 10.0. The second-order valence-electron chi connectivity index (χ2n) is 4.76. The number of benzene rings is 1. The van der Waals surface area contributed by atoms with E-state index in [0.29, 0.717) is 11.2 Å². The molecule has 0 spiro atoms. The topological polar surface area (TPSA) is 29.9 Å². The van der Waals surface area contributed by atoms with Crippen LogP contribution in [0.15, 0.2) is 18.2 Å². The second-order valence-corrected chi connectivity index (χ2v) is 5.12. The number of fused-ring (bicyclic) bond motifs is 1. The Bertz CT molecular complexity index is 541. The van der Waals surface area contributed by atoms with E-state index in [-0.39, 0.29) is 0 Å². The van der Waals surface area contributed by atoms with Crippen LogP contribution in [0.1, 0.15) is 18.4 Å². The summed E-state index contributed by atoms with van der Waals surface area (Å²) < 4.78 is 1.85. The molecular formula is C13H16ClN3. The van der Waals surface area contributed by atoms with Crippen LogP contribution < -0.4 is 5.32 Å². The highest BCUT2D eigenvalue weighted by Gasteiger charge is 2.15. The van der Waals surface area contributed by atoms with Gasteiger partial charge in [0.15, 0.2) is 5.15 Å². The number of halogens is 1. The van der Waals surface area contributed by atoms with E-state index in [1.165, 1.54) is 18.4 Å². The van der Waals surface area contributed by atoms with Gasteiger partial charge in [0.05, 0.1) is 5.52 Å². The van der Waals surface area contributed by atoms with E-state index >= 15 is 0 Å². The fourth-order valence-electron chi connectivity index (χ4n) is 2.60. The highest BCUT2D eigenvalue weighted by atomic mass is 35.5. The predicted octanol–water partition coefficient (Wildman–Crippen LogP) is 2.52. The summed E-state index contributed by atoms with van der Waals surface area (Å²) in [6, 6.07) is 7.08. The molecule has 1 fully saturated rings. The van der Waals surface area contributed by atoms with E-state index in [1.807, 2.05) is 11.7 Å². The molecule has 1 aliphatic heterocycles. The van der Waals surface area contributed by atoms with Gasteiger partial charge in [0, 0.05) is 18.5 Å². The van der Waals surface area contributed by atoms with Crippen LogP contribution in [-0.2, 0) is 13.5 Å². The monoisotopic (exact) mass is 249 g/mol. The van der Waals surface area contributed by atoms with Gasteiger partial charge in [-0.15, -0.1) is 0 Å². The standard InChI is InChI=1S/C13H16ClN3/c1-17-12-8-9(7-10-3-2-6-15-10)4-5-11(12)13(14)16-17/h4-5,8,10,15H,2-3,6-7H2,1H3. The molecule has 4 heteroatoms. The van der Waals surface area contributed by atoms with Gasteiger partial charge >= 0.3 is 0 Å². The minimum absolute atomic E-state index is 0.591. The maximum Gasteiger partial charge on any atom is 0.158 e. The number of nitrogens with zero attached hydrogens (tertiary/aromatic N) is 2. The van der Waals surface area contributed by atoms with E-state index in [1.54, 1.807) is 0 Å². The van der Waals surface area contributed by atoms with Crippen molar-refractivity contribution in [3.05, 3.63) is 28.9 Å². The van der Waals surface area contributed by atoms with Crippen molar-refractivity contribution in [1.29, 1.82) is 0 Å². The van der Waals surface area contributed by atoms with Crippen LogP contribution in [0.25, 0.3) is 10.9 Å². The molecule has 1 atom stereocenters. The Morgan fingerprint density at radius 3 is 3.18 bits per heavy atom. The molecule has 0 amide bonds. The van der Waals surface area contributed by atoms with Gasteiger partial charge in [-0.25, -0.2) is 0 Å². The average molecular weight is 250 g/mol. The minimum atomic E-state index is 0.591. The highest BCUT2D eigenvalue weighted by molar-refractivity contribution is 6.34. The molecule has 0 aliphatic carbocycles. The molecule has 17 heavy (non-hydrogen) atoms. The van der Waals surface area contributed by atoms with Crippen molar-refractivity contribution in [2.45, 2.75) is 25.3 Å². The van der Waals surface area contributed by atoms with Gasteiger partial charge in [-0.05, 0) is 43.5 Å². The summed E-state index contributed by atoms with van der Waals surface area (Å²) in [6.45, 7) is 1.16. The van der Waals surface area contributed by atoms with Crippen molar-refractivity contribution < 1.29 is 0 Å². The van der Waals surface area contributed by atoms with Crippen molar-refractivity contribution in [2.75, 3.05) is 6.54 Å². The summed E-state index contributed by atoms with van der Waals surface area (Å²) in [4.78, 5) is 0. The van der Waals surface area contributed by atoms with Crippen molar-refractivity contribution in [3.8, 4) is 0 Å². The highest BCUT2D eigenvalue weighted by Crippen LogP contribution is 2.24. The summed E-state index contributed by atoms with van der Waals surface area (Å²) in [7, 11) is 1.94. The van der Waals surface area contributed by atoms with Crippen LogP contribution in [0.2, 0.25) is 5.15 Å². The van der Waals surface area contributed by atoms with E-state index in [0.717, 1.165) is 23.9 Å². The molecule has 0 radical (unpaired) electrons. The third-order valence-corrected chi connectivity index (χ3v) is 3.79. The summed E-state index contributed by atoms with van der Waals surface area (Å²) in [5.74, 6) is 0. The van der Waals surface area contributed by atoms with Gasteiger partial charge in [-0.1, -0.05) is 17.7 Å². The van der Waals surface area contributed by atoms with Crippen LogP contribution in [0.3, 0.4) is 0 Å². The Morgan fingerprint density at radius 1 is 1.53 bits per heavy atom. The molecule has 1 N–H and O–H groups in total. The van der Waals surface area contributed by atoms with Crippen molar-refractivity contribution in [3.63, 3.8) is 0 Å². The van der Waals surface area contributed by atoms with E-state index in [2.05, 4.69) is 28.6 Å². The third-order valence-electron chi connectivity index (χ3n) is 3.52. The predicted molar refractivity (Wildman–Crippen MR) is 70.5 cm³/mol. The number of hydrogen-bond acceptors (Lipinski definition) is 2. The summed E-state index contributed by atoms with van der Waals surface area (Å²) in [5.41, 5.74) is 2.47. The Morgan fingerprint density at radius 2 is 2.41 bits per heavy atom. The van der Waals surface area contributed by atoms with E-state index in [4.69, 9.17) is 11.6 Å². The number of rotatable bonds is 2. The van der Waals surface area contributed by atoms with E-state index < -0.39 is 0 Å². The largest absolute Gasteiger partial charge is 0.314 e. The van der Waals surface area contributed by atoms with Crippen LogP contribution >= 0.6 is 11.6 Å². The first-order chi connectivity index (χ1) is 8.24. The number of nitrogens with one attached hydrogen (secondary N) is 1.